The van der Waals surface area contributed by atoms with Crippen LogP contribution in [0.25, 0.3) is 0 Å². The number of likely N-dealkylation sites (tertiary alicyclic amines) is 1. The molecule has 0 amide bonds. The average molecular weight is 542 g/mol. The van der Waals surface area contributed by atoms with Gasteiger partial charge in [-0.15, -0.1) is 24.0 Å². The first-order valence-electron chi connectivity index (χ1n) is 12.1. The second-order valence-corrected chi connectivity index (χ2v) is 9.26. The monoisotopic (exact) mass is 541 g/mol. The maximum absolute atomic E-state index is 5.06. The van der Waals surface area contributed by atoms with Gasteiger partial charge in [0.1, 0.15) is 0 Å². The molecule has 2 saturated heterocycles. The van der Waals surface area contributed by atoms with Gasteiger partial charge in [-0.3, -0.25) is 4.99 Å². The van der Waals surface area contributed by atoms with Crippen LogP contribution >= 0.6 is 24.0 Å². The molecule has 0 saturated carbocycles. The highest BCUT2D eigenvalue weighted by Crippen LogP contribution is 2.32. The zero-order valence-electron chi connectivity index (χ0n) is 20.1. The van der Waals surface area contributed by atoms with Crippen molar-refractivity contribution in [2.75, 3.05) is 65.4 Å². The molecule has 1 aromatic carbocycles. The Bertz CT molecular complexity index is 645. The lowest BCUT2D eigenvalue weighted by molar-refractivity contribution is 0.125. The average Bonchev–Trinajstić information content (AvgIpc) is 2.77. The second-order valence-electron chi connectivity index (χ2n) is 9.26. The number of rotatable bonds is 7. The number of guanidine groups is 1. The summed E-state index contributed by atoms with van der Waals surface area (Å²) in [5.74, 6) is 2.99. The van der Waals surface area contributed by atoms with E-state index in [9.17, 15) is 0 Å². The molecule has 0 aromatic heterocycles. The third-order valence-electron chi connectivity index (χ3n) is 6.80. The standard InChI is InChI=1S/C25H43N5.HI/c1-5-26-25(27-18-21(3)19-29-16-14-28(6-2)15-17-29)30-13-12-24(22(4)20-30)23-10-8-7-9-11-23;/h7-11,21-22,24H,5-6,12-20H2,1-4H3,(H,26,27);1H. The number of nitrogens with one attached hydrogen (secondary N) is 1. The van der Waals surface area contributed by atoms with E-state index in [1.165, 1.54) is 44.7 Å². The summed E-state index contributed by atoms with van der Waals surface area (Å²) in [4.78, 5) is 12.7. The molecule has 1 N–H and O–H groups in total. The molecule has 176 valence electrons. The number of halogens is 1. The number of benzene rings is 1. The first-order chi connectivity index (χ1) is 14.6. The van der Waals surface area contributed by atoms with Crippen molar-refractivity contribution in [3.8, 4) is 0 Å². The molecule has 3 atom stereocenters. The van der Waals surface area contributed by atoms with Crippen LogP contribution in [-0.4, -0.2) is 86.1 Å². The molecule has 5 nitrogen and oxygen atoms in total. The molecule has 2 aliphatic rings. The topological polar surface area (TPSA) is 34.1 Å². The molecule has 3 rings (SSSR count). The van der Waals surface area contributed by atoms with Crippen LogP contribution in [0.1, 0.15) is 45.6 Å². The lowest BCUT2D eigenvalue weighted by atomic mass is 9.82. The molecule has 0 radical (unpaired) electrons. The van der Waals surface area contributed by atoms with E-state index in [2.05, 4.69) is 78.0 Å². The SMILES string of the molecule is CCNC(=NCC(C)CN1CCN(CC)CC1)N1CCC(c2ccccc2)C(C)C1.I. The molecule has 2 fully saturated rings. The van der Waals surface area contributed by atoms with E-state index in [0.29, 0.717) is 17.8 Å². The van der Waals surface area contributed by atoms with Crippen molar-refractivity contribution in [3.63, 3.8) is 0 Å². The molecule has 2 heterocycles. The molecule has 0 spiro atoms. The highest BCUT2D eigenvalue weighted by Gasteiger charge is 2.28. The minimum Gasteiger partial charge on any atom is -0.357 e. The number of nitrogens with zero attached hydrogens (tertiary/aromatic N) is 4. The van der Waals surface area contributed by atoms with Gasteiger partial charge in [0.2, 0.25) is 0 Å². The normalized spacial score (nSPS) is 24.5. The Balaban J connectivity index is 0.00000341. The largest absolute Gasteiger partial charge is 0.357 e. The van der Waals surface area contributed by atoms with Gasteiger partial charge in [-0.05, 0) is 43.2 Å². The summed E-state index contributed by atoms with van der Waals surface area (Å²) >= 11 is 0. The van der Waals surface area contributed by atoms with Crippen LogP contribution in [0, 0.1) is 11.8 Å². The van der Waals surface area contributed by atoms with Crippen molar-refractivity contribution >= 4 is 29.9 Å². The summed E-state index contributed by atoms with van der Waals surface area (Å²) in [7, 11) is 0. The van der Waals surface area contributed by atoms with Crippen LogP contribution in [0.3, 0.4) is 0 Å². The maximum atomic E-state index is 5.06. The fourth-order valence-corrected chi connectivity index (χ4v) is 4.99. The highest BCUT2D eigenvalue weighted by molar-refractivity contribution is 14.0. The van der Waals surface area contributed by atoms with E-state index >= 15 is 0 Å². The van der Waals surface area contributed by atoms with Crippen molar-refractivity contribution in [2.24, 2.45) is 16.8 Å². The van der Waals surface area contributed by atoms with Crippen LogP contribution in [0.15, 0.2) is 35.3 Å². The van der Waals surface area contributed by atoms with Crippen LogP contribution in [-0.2, 0) is 0 Å². The molecule has 0 aliphatic carbocycles. The summed E-state index contributed by atoms with van der Waals surface area (Å²) in [5, 5.41) is 3.56. The van der Waals surface area contributed by atoms with E-state index in [-0.39, 0.29) is 24.0 Å². The fraction of sp³-hybridized carbons (Fsp3) is 0.720. The van der Waals surface area contributed by atoms with E-state index in [1.807, 2.05) is 0 Å². The summed E-state index contributed by atoms with van der Waals surface area (Å²) in [6, 6.07) is 11.0. The Morgan fingerprint density at radius 1 is 1.06 bits per heavy atom. The summed E-state index contributed by atoms with van der Waals surface area (Å²) < 4.78 is 0. The number of aliphatic imine (C=N–C) groups is 1. The smallest absolute Gasteiger partial charge is 0.193 e. The van der Waals surface area contributed by atoms with Crippen molar-refractivity contribution in [1.29, 1.82) is 0 Å². The molecular weight excluding hydrogens is 497 g/mol. The Kier molecular flexibility index (Phi) is 11.6. The zero-order valence-corrected chi connectivity index (χ0v) is 22.4. The number of likely N-dealkylation sites (N-methyl/N-ethyl adjacent to an activating group) is 1. The Labute approximate surface area is 207 Å². The molecule has 6 heteroatoms. The van der Waals surface area contributed by atoms with Gasteiger partial charge in [0.05, 0.1) is 0 Å². The van der Waals surface area contributed by atoms with E-state index < -0.39 is 0 Å². The van der Waals surface area contributed by atoms with Crippen LogP contribution < -0.4 is 5.32 Å². The van der Waals surface area contributed by atoms with Crippen molar-refractivity contribution in [3.05, 3.63) is 35.9 Å². The van der Waals surface area contributed by atoms with Crippen LogP contribution in [0.4, 0.5) is 0 Å². The maximum Gasteiger partial charge on any atom is 0.193 e. The molecule has 31 heavy (non-hydrogen) atoms. The van der Waals surface area contributed by atoms with E-state index in [0.717, 1.165) is 38.7 Å². The van der Waals surface area contributed by atoms with Gasteiger partial charge in [-0.2, -0.15) is 0 Å². The van der Waals surface area contributed by atoms with Gasteiger partial charge in [0.15, 0.2) is 5.96 Å². The quantitative estimate of drug-likeness (QED) is 0.322. The summed E-state index contributed by atoms with van der Waals surface area (Å²) in [6.45, 7) is 20.3. The van der Waals surface area contributed by atoms with E-state index in [4.69, 9.17) is 4.99 Å². The first-order valence-corrected chi connectivity index (χ1v) is 12.1. The van der Waals surface area contributed by atoms with Gasteiger partial charge in [-0.25, -0.2) is 0 Å². The molecule has 3 unspecified atom stereocenters. The second kappa shape index (κ2) is 13.6. The Morgan fingerprint density at radius 2 is 1.74 bits per heavy atom. The van der Waals surface area contributed by atoms with Gasteiger partial charge < -0.3 is 20.0 Å². The van der Waals surface area contributed by atoms with Crippen molar-refractivity contribution in [2.45, 2.75) is 40.0 Å². The zero-order chi connectivity index (χ0) is 21.3. The highest BCUT2D eigenvalue weighted by atomic mass is 127. The third-order valence-corrected chi connectivity index (χ3v) is 6.80. The van der Waals surface area contributed by atoms with Crippen LogP contribution in [0.5, 0.6) is 0 Å². The van der Waals surface area contributed by atoms with Gasteiger partial charge >= 0.3 is 0 Å². The van der Waals surface area contributed by atoms with E-state index in [1.54, 1.807) is 0 Å². The molecule has 1 aromatic rings. The summed E-state index contributed by atoms with van der Waals surface area (Å²) in [5.41, 5.74) is 1.49. The van der Waals surface area contributed by atoms with Crippen LogP contribution in [0.2, 0.25) is 0 Å². The number of piperidine rings is 1. The summed E-state index contributed by atoms with van der Waals surface area (Å²) in [6.07, 6.45) is 1.20. The van der Waals surface area contributed by atoms with Crippen molar-refractivity contribution < 1.29 is 0 Å². The molecule has 0 bridgehead atoms. The first kappa shape index (κ1) is 26.4. The Hall–Kier alpha value is -0.860. The Morgan fingerprint density at radius 3 is 2.35 bits per heavy atom. The molecular formula is C25H44IN5. The third kappa shape index (κ3) is 7.90. The van der Waals surface area contributed by atoms with Gasteiger partial charge in [0.25, 0.3) is 0 Å². The minimum absolute atomic E-state index is 0. The fourth-order valence-electron chi connectivity index (χ4n) is 4.99. The number of hydrogen-bond donors (Lipinski definition) is 1. The lowest BCUT2D eigenvalue weighted by Crippen LogP contribution is -2.48. The number of piperazine rings is 1. The van der Waals surface area contributed by atoms with Gasteiger partial charge in [-0.1, -0.05) is 51.1 Å². The predicted octanol–water partition coefficient (Wildman–Crippen LogP) is 3.97. The molecule has 2 aliphatic heterocycles. The number of hydrogen-bond acceptors (Lipinski definition) is 3. The minimum atomic E-state index is 0. The van der Waals surface area contributed by atoms with Crippen molar-refractivity contribution in [1.82, 2.24) is 20.0 Å². The lowest BCUT2D eigenvalue weighted by Gasteiger charge is -2.39. The predicted molar refractivity (Wildman–Crippen MR) is 144 cm³/mol. The van der Waals surface area contributed by atoms with Gasteiger partial charge in [0, 0.05) is 58.9 Å².